The van der Waals surface area contributed by atoms with E-state index in [0.717, 1.165) is 30.9 Å². The number of pyridine rings is 1. The SMILES string of the molecule is N/C=C(\C=NC1CCC1)C1CC(c2cc3c(=O)n4c(nc3c(-c3ccc(F)cc3F)n2)CCC4)CCO1. The molecular weight excluding hydrogens is 476 g/mol. The Labute approximate surface area is 213 Å². The molecule has 1 saturated heterocycles. The molecule has 2 fully saturated rings. The van der Waals surface area contributed by atoms with Crippen molar-refractivity contribution in [3.63, 3.8) is 0 Å². The highest BCUT2D eigenvalue weighted by molar-refractivity contribution is 5.91. The maximum absolute atomic E-state index is 15.0. The predicted molar refractivity (Wildman–Crippen MR) is 138 cm³/mol. The minimum absolute atomic E-state index is 0.0462. The van der Waals surface area contributed by atoms with E-state index in [1.54, 1.807) is 16.8 Å². The number of fused-ring (bicyclic) bond motifs is 2. The van der Waals surface area contributed by atoms with Crippen LogP contribution in [0, 0.1) is 11.6 Å². The minimum atomic E-state index is -0.737. The number of rotatable bonds is 5. The van der Waals surface area contributed by atoms with Crippen molar-refractivity contribution in [2.75, 3.05) is 6.61 Å². The zero-order chi connectivity index (χ0) is 25.5. The molecule has 4 heterocycles. The van der Waals surface area contributed by atoms with Gasteiger partial charge in [-0.15, -0.1) is 0 Å². The number of nitrogens with two attached hydrogens (primary N) is 1. The minimum Gasteiger partial charge on any atom is -0.404 e. The molecule has 0 bridgehead atoms. The first-order chi connectivity index (χ1) is 18.0. The number of ether oxygens (including phenoxy) is 1. The van der Waals surface area contributed by atoms with Crippen LogP contribution in [0.1, 0.15) is 56.0 Å². The molecule has 0 amide bonds. The van der Waals surface area contributed by atoms with E-state index in [0.29, 0.717) is 60.9 Å². The zero-order valence-electron chi connectivity index (χ0n) is 20.5. The van der Waals surface area contributed by atoms with Gasteiger partial charge in [-0.2, -0.15) is 0 Å². The molecule has 0 radical (unpaired) electrons. The third-order valence-corrected chi connectivity index (χ3v) is 7.78. The second kappa shape index (κ2) is 9.78. The van der Waals surface area contributed by atoms with E-state index in [2.05, 4.69) is 4.99 Å². The lowest BCUT2D eigenvalue weighted by atomic mass is 9.88. The van der Waals surface area contributed by atoms with Gasteiger partial charge in [0.05, 0.1) is 17.2 Å². The Morgan fingerprint density at radius 3 is 2.78 bits per heavy atom. The van der Waals surface area contributed by atoms with Gasteiger partial charge >= 0.3 is 0 Å². The number of nitrogens with zero attached hydrogens (tertiary/aromatic N) is 4. The highest BCUT2D eigenvalue weighted by atomic mass is 19.1. The van der Waals surface area contributed by atoms with E-state index >= 15 is 0 Å². The Hall–Kier alpha value is -3.46. The Balaban J connectivity index is 1.42. The molecule has 3 aliphatic rings. The zero-order valence-corrected chi connectivity index (χ0v) is 20.5. The van der Waals surface area contributed by atoms with Gasteiger partial charge in [0.1, 0.15) is 23.0 Å². The second-order valence-corrected chi connectivity index (χ2v) is 10.1. The van der Waals surface area contributed by atoms with Crippen LogP contribution in [0.5, 0.6) is 0 Å². The van der Waals surface area contributed by atoms with Gasteiger partial charge in [0.15, 0.2) is 0 Å². The first-order valence-electron chi connectivity index (χ1n) is 13.0. The van der Waals surface area contributed by atoms with E-state index < -0.39 is 11.6 Å². The average Bonchev–Trinajstić information content (AvgIpc) is 3.35. The van der Waals surface area contributed by atoms with Gasteiger partial charge in [0.2, 0.25) is 0 Å². The second-order valence-electron chi connectivity index (χ2n) is 10.1. The highest BCUT2D eigenvalue weighted by Gasteiger charge is 2.29. The third-order valence-electron chi connectivity index (χ3n) is 7.78. The molecule has 9 heteroatoms. The fraction of sp³-hybridized carbons (Fsp3) is 0.429. The van der Waals surface area contributed by atoms with Gasteiger partial charge in [-0.25, -0.2) is 13.8 Å². The molecule has 2 aliphatic heterocycles. The Bertz CT molecular complexity index is 1480. The van der Waals surface area contributed by atoms with Crippen LogP contribution in [0.3, 0.4) is 0 Å². The van der Waals surface area contributed by atoms with Crippen LogP contribution in [0.25, 0.3) is 22.2 Å². The van der Waals surface area contributed by atoms with Gasteiger partial charge in [-0.1, -0.05) is 0 Å². The van der Waals surface area contributed by atoms with Crippen molar-refractivity contribution in [1.29, 1.82) is 0 Å². The molecule has 1 aromatic carbocycles. The maximum Gasteiger partial charge on any atom is 0.261 e. The highest BCUT2D eigenvalue weighted by Crippen LogP contribution is 2.36. The van der Waals surface area contributed by atoms with Gasteiger partial charge in [0, 0.05) is 66.8 Å². The summed E-state index contributed by atoms with van der Waals surface area (Å²) in [4.78, 5) is 27.7. The Morgan fingerprint density at radius 1 is 1.16 bits per heavy atom. The van der Waals surface area contributed by atoms with Gasteiger partial charge in [0.25, 0.3) is 5.56 Å². The lowest BCUT2D eigenvalue weighted by molar-refractivity contribution is 0.0321. The summed E-state index contributed by atoms with van der Waals surface area (Å²) in [5.41, 5.74) is 8.02. The van der Waals surface area contributed by atoms with E-state index in [1.165, 1.54) is 18.6 Å². The number of halogens is 2. The van der Waals surface area contributed by atoms with E-state index in [1.807, 2.05) is 6.21 Å². The number of benzene rings is 1. The van der Waals surface area contributed by atoms with Crippen LogP contribution in [0.4, 0.5) is 8.78 Å². The largest absolute Gasteiger partial charge is 0.404 e. The summed E-state index contributed by atoms with van der Waals surface area (Å²) in [6.07, 6.45) is 9.31. The van der Waals surface area contributed by atoms with Crippen LogP contribution in [0.2, 0.25) is 0 Å². The lowest BCUT2D eigenvalue weighted by Gasteiger charge is -2.30. The van der Waals surface area contributed by atoms with Crippen LogP contribution in [0.15, 0.2) is 45.8 Å². The fourth-order valence-electron chi connectivity index (χ4n) is 5.44. The summed E-state index contributed by atoms with van der Waals surface area (Å²) < 4.78 is 36.4. The summed E-state index contributed by atoms with van der Waals surface area (Å²) in [5.74, 6) is -0.785. The average molecular weight is 506 g/mol. The molecular formula is C28H29F2N5O2. The first-order valence-corrected chi connectivity index (χ1v) is 13.0. The topological polar surface area (TPSA) is 95.4 Å². The van der Waals surface area contributed by atoms with Crippen LogP contribution in [-0.2, 0) is 17.7 Å². The molecule has 2 N–H and O–H groups in total. The third kappa shape index (κ3) is 4.45. The van der Waals surface area contributed by atoms with E-state index in [9.17, 15) is 13.6 Å². The molecule has 2 atom stereocenters. The molecule has 7 nitrogen and oxygen atoms in total. The summed E-state index contributed by atoms with van der Waals surface area (Å²) in [6, 6.07) is 5.54. The standard InChI is InChI=1S/C28H29F2N5O2/c29-18-6-7-20(22(30)12-18)26-27-21(28(36)35-9-2-5-25(35)34-27)13-23(33-26)16-8-10-37-24(11-16)17(14-31)15-32-19-3-1-4-19/h6-7,12-16,19,24H,1-5,8-11,31H2/b17-14+,32-15?. The molecule has 3 aromatic rings. The molecule has 37 heavy (non-hydrogen) atoms. The molecule has 192 valence electrons. The van der Waals surface area contributed by atoms with E-state index in [-0.39, 0.29) is 28.8 Å². The van der Waals surface area contributed by atoms with Crippen molar-refractivity contribution in [2.24, 2.45) is 10.7 Å². The molecule has 0 spiro atoms. The first kappa shape index (κ1) is 23.9. The van der Waals surface area contributed by atoms with Crippen molar-refractivity contribution in [1.82, 2.24) is 14.5 Å². The van der Waals surface area contributed by atoms with Gasteiger partial charge < -0.3 is 10.5 Å². The molecule has 6 rings (SSSR count). The number of aryl methyl sites for hydroxylation is 1. The number of aliphatic imine (C=N–C) groups is 1. The summed E-state index contributed by atoms with van der Waals surface area (Å²) in [5, 5.41) is 0.401. The van der Waals surface area contributed by atoms with Crippen LogP contribution in [-0.4, -0.2) is 39.5 Å². The van der Waals surface area contributed by atoms with Crippen molar-refractivity contribution >= 4 is 17.1 Å². The smallest absolute Gasteiger partial charge is 0.261 e. The van der Waals surface area contributed by atoms with Crippen molar-refractivity contribution in [3.05, 3.63) is 69.5 Å². The molecule has 2 aromatic heterocycles. The van der Waals surface area contributed by atoms with Crippen molar-refractivity contribution < 1.29 is 13.5 Å². The Morgan fingerprint density at radius 2 is 2.03 bits per heavy atom. The van der Waals surface area contributed by atoms with Gasteiger partial charge in [-0.3, -0.25) is 19.3 Å². The number of hydrogen-bond donors (Lipinski definition) is 1. The molecule has 1 saturated carbocycles. The fourth-order valence-corrected chi connectivity index (χ4v) is 5.44. The summed E-state index contributed by atoms with van der Waals surface area (Å²) in [6.45, 7) is 1.10. The lowest BCUT2D eigenvalue weighted by Crippen LogP contribution is -2.29. The maximum atomic E-state index is 15.0. The van der Waals surface area contributed by atoms with Crippen LogP contribution < -0.4 is 11.3 Å². The molecule has 2 unspecified atom stereocenters. The van der Waals surface area contributed by atoms with Gasteiger partial charge in [-0.05, 0) is 56.7 Å². The molecule has 1 aliphatic carbocycles. The van der Waals surface area contributed by atoms with Crippen LogP contribution >= 0.6 is 0 Å². The summed E-state index contributed by atoms with van der Waals surface area (Å²) >= 11 is 0. The van der Waals surface area contributed by atoms with E-state index in [4.69, 9.17) is 20.4 Å². The number of hydrogen-bond acceptors (Lipinski definition) is 6. The predicted octanol–water partition coefficient (Wildman–Crippen LogP) is 4.41. The normalized spacial score (nSPS) is 22.5. The van der Waals surface area contributed by atoms with Crippen molar-refractivity contribution in [2.45, 2.75) is 69.6 Å². The summed E-state index contributed by atoms with van der Waals surface area (Å²) in [7, 11) is 0. The monoisotopic (exact) mass is 505 g/mol. The Kier molecular flexibility index (Phi) is 6.32. The quantitative estimate of drug-likeness (QED) is 0.519. The van der Waals surface area contributed by atoms with Crippen molar-refractivity contribution in [3.8, 4) is 11.3 Å². The number of aromatic nitrogens is 3.